The molecule has 352 valence electrons. The molecule has 4 aliphatic rings. The van der Waals surface area contributed by atoms with E-state index in [0.717, 1.165) is 5.69 Å². The first-order valence-electron chi connectivity index (χ1n) is 22.1. The van der Waals surface area contributed by atoms with E-state index >= 15 is 4.79 Å². The second-order valence-electron chi connectivity index (χ2n) is 20.2. The molecule has 3 aromatic rings. The van der Waals surface area contributed by atoms with Crippen LogP contribution in [0.25, 0.3) is 22.3 Å². The van der Waals surface area contributed by atoms with E-state index in [4.69, 9.17) is 40.5 Å². The number of nitrogens with one attached hydrogen (secondary N) is 2. The fraction of sp³-hybridized carbons (Fsp3) is 0.574. The molecule has 2 saturated heterocycles. The minimum atomic E-state index is -4.05. The molecule has 65 heavy (non-hydrogen) atoms. The molecule has 16 nitrogen and oxygen atoms in total. The first-order chi connectivity index (χ1) is 30.3. The molecule has 2 aliphatic carbocycles. The minimum Gasteiger partial charge on any atom is -0.490 e. The SMILES string of the molecule is C=C[C@@H]1C[C@]1(NC(=O)[C@@H]1C[C@@H](Oc2cc(-c3cccc(C(C)C)n3)nc3c(Cl)c(OCCOC)ccc23)[C@H]2CN(C(=O)OC(C)(C)C)[C@H](C(C)(C)C)C(=O)N21)C(=O)NS(=O)(=O)C1(C)CC1. The van der Waals surface area contributed by atoms with Gasteiger partial charge in [-0.1, -0.05) is 58.4 Å². The monoisotopic (exact) mass is 936 g/mol. The molecular formula is C47H61ClN6O10S. The number of rotatable bonds is 14. The Balaban J connectivity index is 1.32. The quantitative estimate of drug-likeness (QED) is 0.131. The van der Waals surface area contributed by atoms with Gasteiger partial charge < -0.3 is 29.2 Å². The highest BCUT2D eigenvalue weighted by molar-refractivity contribution is 7.91. The predicted molar refractivity (Wildman–Crippen MR) is 245 cm³/mol. The van der Waals surface area contributed by atoms with Crippen LogP contribution in [-0.4, -0.2) is 119 Å². The van der Waals surface area contributed by atoms with E-state index in [0.29, 0.717) is 53.2 Å². The van der Waals surface area contributed by atoms with Crippen LogP contribution in [0, 0.1) is 11.3 Å². The fourth-order valence-corrected chi connectivity index (χ4v) is 10.3. The molecule has 7 rings (SSSR count). The van der Waals surface area contributed by atoms with Crippen molar-refractivity contribution < 1.29 is 46.5 Å². The maximum Gasteiger partial charge on any atom is 0.411 e. The summed E-state index contributed by atoms with van der Waals surface area (Å²) < 4.78 is 51.6. The van der Waals surface area contributed by atoms with Gasteiger partial charge in [-0.25, -0.2) is 18.2 Å². The van der Waals surface area contributed by atoms with Crippen molar-refractivity contribution in [3.05, 3.63) is 59.8 Å². The average Bonchev–Trinajstić information content (AvgIpc) is 4.12. The number of amides is 4. The number of hydrogen-bond acceptors (Lipinski definition) is 12. The molecule has 2 aromatic heterocycles. The second kappa shape index (κ2) is 17.3. The van der Waals surface area contributed by atoms with Crippen LogP contribution in [0.1, 0.15) is 99.6 Å². The lowest BCUT2D eigenvalue weighted by Gasteiger charge is -2.49. The highest BCUT2D eigenvalue weighted by Crippen LogP contribution is 2.48. The zero-order valence-electron chi connectivity index (χ0n) is 38.8. The van der Waals surface area contributed by atoms with Crippen LogP contribution in [0.15, 0.2) is 49.1 Å². The van der Waals surface area contributed by atoms with Crippen LogP contribution in [0.5, 0.6) is 11.5 Å². The number of nitrogens with zero attached hydrogens (tertiary/aromatic N) is 4. The maximum atomic E-state index is 15.1. The lowest BCUT2D eigenvalue weighted by molar-refractivity contribution is -0.155. The summed E-state index contributed by atoms with van der Waals surface area (Å²) >= 11 is 7.05. The smallest absolute Gasteiger partial charge is 0.411 e. The summed E-state index contributed by atoms with van der Waals surface area (Å²) in [5.41, 5.74) is -1.16. The molecule has 4 fully saturated rings. The number of halogens is 1. The third-order valence-electron chi connectivity index (χ3n) is 12.7. The zero-order valence-corrected chi connectivity index (χ0v) is 40.4. The molecular weight excluding hydrogens is 876 g/mol. The number of piperazine rings is 1. The number of hydrogen-bond donors (Lipinski definition) is 2. The average molecular weight is 938 g/mol. The summed E-state index contributed by atoms with van der Waals surface area (Å²) in [5.74, 6) is -1.83. The molecule has 0 unspecified atom stereocenters. The van der Waals surface area contributed by atoms with Gasteiger partial charge in [0.25, 0.3) is 5.91 Å². The number of fused-ring (bicyclic) bond motifs is 2. The Morgan fingerprint density at radius 1 is 1.03 bits per heavy atom. The summed E-state index contributed by atoms with van der Waals surface area (Å²) in [6, 6.07) is 7.68. The summed E-state index contributed by atoms with van der Waals surface area (Å²) in [7, 11) is -2.48. The summed E-state index contributed by atoms with van der Waals surface area (Å²) in [5, 5.41) is 3.59. The number of benzene rings is 1. The highest BCUT2D eigenvalue weighted by Gasteiger charge is 2.64. The lowest BCUT2D eigenvalue weighted by atomic mass is 9.82. The van der Waals surface area contributed by atoms with Crippen LogP contribution in [0.2, 0.25) is 5.02 Å². The van der Waals surface area contributed by atoms with Crippen LogP contribution >= 0.6 is 11.6 Å². The molecule has 6 atom stereocenters. The third kappa shape index (κ3) is 9.37. The molecule has 2 saturated carbocycles. The van der Waals surface area contributed by atoms with E-state index in [1.165, 1.54) is 15.9 Å². The third-order valence-corrected chi connectivity index (χ3v) is 15.2. The molecule has 4 amide bonds. The molecule has 4 heterocycles. The van der Waals surface area contributed by atoms with Crippen molar-refractivity contribution in [3.63, 3.8) is 0 Å². The fourth-order valence-electron chi connectivity index (χ4n) is 8.68. The number of ether oxygens (including phenoxy) is 4. The van der Waals surface area contributed by atoms with Crippen molar-refractivity contribution in [1.29, 1.82) is 0 Å². The largest absolute Gasteiger partial charge is 0.490 e. The number of sulfonamides is 1. The van der Waals surface area contributed by atoms with Gasteiger partial charge in [0.15, 0.2) is 0 Å². The Bertz CT molecular complexity index is 2520. The topological polar surface area (TPSA) is 196 Å². The van der Waals surface area contributed by atoms with Crippen molar-refractivity contribution >= 4 is 56.3 Å². The van der Waals surface area contributed by atoms with E-state index < -0.39 is 85.3 Å². The summed E-state index contributed by atoms with van der Waals surface area (Å²) in [6.45, 7) is 20.7. The Hall–Kier alpha value is -5.00. The van der Waals surface area contributed by atoms with Crippen molar-refractivity contribution in [1.82, 2.24) is 29.8 Å². The maximum absolute atomic E-state index is 15.1. The van der Waals surface area contributed by atoms with Gasteiger partial charge in [-0.15, -0.1) is 6.58 Å². The van der Waals surface area contributed by atoms with Crippen molar-refractivity contribution in [3.8, 4) is 22.9 Å². The van der Waals surface area contributed by atoms with E-state index in [1.54, 1.807) is 53.0 Å². The molecule has 0 bridgehead atoms. The molecule has 1 aromatic carbocycles. The van der Waals surface area contributed by atoms with Crippen molar-refractivity contribution in [2.45, 2.75) is 134 Å². The van der Waals surface area contributed by atoms with Gasteiger partial charge in [0.2, 0.25) is 21.8 Å². The Kier molecular flexibility index (Phi) is 12.8. The van der Waals surface area contributed by atoms with E-state index in [-0.39, 0.29) is 36.9 Å². The number of carbonyl (C=O) groups excluding carboxylic acids is 4. The van der Waals surface area contributed by atoms with Crippen LogP contribution in [-0.2, 0) is 33.9 Å². The molecule has 2 N–H and O–H groups in total. The summed E-state index contributed by atoms with van der Waals surface area (Å²) in [4.78, 5) is 70.7. The standard InChI is InChI=1S/C47H61ClN6O10S/c1-12-27-24-47(27,42(57)52-65(59,60)46(10)18-19-46)51-40(55)32-23-36(33-25-53(43(58)64-45(7,8)9)39(44(4,5)6)41(56)54(32)33)63-35-22-31(30-15-13-14-29(49-30)26(2)3)50-38-28(35)16-17-34(37(38)48)62-21-20-61-11/h12-17,22,26-27,32-33,36,39H,1,18-21,23-25H2,2-11H3,(H,51,55)(H,52,57)/t27-,32+,33-,36-,39+,47-/m1/s1. The van der Waals surface area contributed by atoms with Gasteiger partial charge in [-0.05, 0) is 82.6 Å². The van der Waals surface area contributed by atoms with Crippen LogP contribution < -0.4 is 19.5 Å². The Morgan fingerprint density at radius 3 is 2.34 bits per heavy atom. The number of methoxy groups -OCH3 is 1. The first-order valence-corrected chi connectivity index (χ1v) is 23.9. The lowest BCUT2D eigenvalue weighted by Crippen LogP contribution is -2.69. The van der Waals surface area contributed by atoms with Gasteiger partial charge in [0, 0.05) is 43.1 Å². The first kappa shape index (κ1) is 47.9. The van der Waals surface area contributed by atoms with Gasteiger partial charge in [-0.3, -0.25) is 29.0 Å². The minimum absolute atomic E-state index is 0.0686. The predicted octanol–water partition coefficient (Wildman–Crippen LogP) is 6.54. The van der Waals surface area contributed by atoms with Crippen molar-refractivity contribution in [2.75, 3.05) is 26.9 Å². The Morgan fingerprint density at radius 2 is 1.74 bits per heavy atom. The van der Waals surface area contributed by atoms with Gasteiger partial charge in [-0.2, -0.15) is 0 Å². The van der Waals surface area contributed by atoms with E-state index in [9.17, 15) is 22.8 Å². The van der Waals surface area contributed by atoms with Crippen LogP contribution in [0.4, 0.5) is 4.79 Å². The second-order valence-corrected chi connectivity index (χ2v) is 22.8. The number of pyridine rings is 2. The zero-order chi connectivity index (χ0) is 47.6. The normalized spacial score (nSPS) is 24.9. The van der Waals surface area contributed by atoms with Crippen LogP contribution in [0.3, 0.4) is 0 Å². The van der Waals surface area contributed by atoms with E-state index in [1.807, 2.05) is 52.8 Å². The number of aromatic nitrogens is 2. The molecule has 0 radical (unpaired) electrons. The van der Waals surface area contributed by atoms with Gasteiger partial charge in [0.05, 0.1) is 34.3 Å². The van der Waals surface area contributed by atoms with Gasteiger partial charge in [0.1, 0.15) is 52.5 Å². The Labute approximate surface area is 386 Å². The van der Waals surface area contributed by atoms with E-state index in [2.05, 4.69) is 16.6 Å². The molecule has 18 heteroatoms. The highest BCUT2D eigenvalue weighted by atomic mass is 35.5. The van der Waals surface area contributed by atoms with Crippen molar-refractivity contribution in [2.24, 2.45) is 11.3 Å². The summed E-state index contributed by atoms with van der Waals surface area (Å²) in [6.07, 6.45) is 0.720. The molecule has 2 aliphatic heterocycles. The van der Waals surface area contributed by atoms with Gasteiger partial charge >= 0.3 is 6.09 Å². The molecule has 0 spiro atoms. The number of carbonyl (C=O) groups is 4.